The van der Waals surface area contributed by atoms with Gasteiger partial charge in [0.2, 0.25) is 11.8 Å². The average Bonchev–Trinajstić information content (AvgIpc) is 2.74. The molecule has 1 aromatic carbocycles. The first-order valence-electron chi connectivity index (χ1n) is 10.9. The van der Waals surface area contributed by atoms with Crippen molar-refractivity contribution < 1.29 is 9.59 Å². The normalized spacial score (nSPS) is 21.2. The molecule has 160 valence electrons. The lowest BCUT2D eigenvalue weighted by Gasteiger charge is -2.36. The number of likely N-dealkylation sites (tertiary alicyclic amines) is 2. The number of benzene rings is 1. The van der Waals surface area contributed by atoms with Crippen LogP contribution in [-0.4, -0.2) is 72.8 Å². The number of nitrogens with zero attached hydrogens (tertiary/aromatic N) is 3. The molecule has 1 unspecified atom stereocenters. The van der Waals surface area contributed by atoms with E-state index in [9.17, 15) is 9.59 Å². The molecule has 0 bridgehead atoms. The molecule has 0 N–H and O–H groups in total. The van der Waals surface area contributed by atoms with Gasteiger partial charge < -0.3 is 14.7 Å². The molecule has 0 aliphatic carbocycles. The summed E-state index contributed by atoms with van der Waals surface area (Å²) in [4.78, 5) is 31.7. The van der Waals surface area contributed by atoms with E-state index < -0.39 is 0 Å². The maximum atomic E-state index is 12.7. The fourth-order valence-electron chi connectivity index (χ4n) is 4.53. The van der Waals surface area contributed by atoms with Crippen molar-refractivity contribution in [1.29, 1.82) is 0 Å². The van der Waals surface area contributed by atoms with E-state index in [-0.39, 0.29) is 11.8 Å². The van der Waals surface area contributed by atoms with E-state index in [1.54, 1.807) is 0 Å². The van der Waals surface area contributed by atoms with E-state index in [1.807, 2.05) is 41.1 Å². The summed E-state index contributed by atoms with van der Waals surface area (Å²) in [5, 5.41) is 0.650. The molecule has 0 radical (unpaired) electrons. The Morgan fingerprint density at radius 1 is 1.14 bits per heavy atom. The second-order valence-electron chi connectivity index (χ2n) is 8.69. The van der Waals surface area contributed by atoms with Gasteiger partial charge in [0.1, 0.15) is 0 Å². The van der Waals surface area contributed by atoms with Crippen LogP contribution in [0.4, 0.5) is 0 Å². The fraction of sp³-hybridized carbons (Fsp3) is 0.652. The molecule has 6 heteroatoms. The van der Waals surface area contributed by atoms with Crippen molar-refractivity contribution in [3.63, 3.8) is 0 Å². The van der Waals surface area contributed by atoms with Gasteiger partial charge in [-0.1, -0.05) is 29.8 Å². The summed E-state index contributed by atoms with van der Waals surface area (Å²) < 4.78 is 0. The van der Waals surface area contributed by atoms with Crippen molar-refractivity contribution in [3.8, 4) is 0 Å². The number of rotatable bonds is 6. The number of hydrogen-bond acceptors (Lipinski definition) is 3. The van der Waals surface area contributed by atoms with Crippen molar-refractivity contribution >= 4 is 23.4 Å². The van der Waals surface area contributed by atoms with E-state index in [1.165, 1.54) is 0 Å². The van der Waals surface area contributed by atoms with E-state index in [4.69, 9.17) is 11.6 Å². The third kappa shape index (κ3) is 6.19. The molecule has 1 aromatic rings. The monoisotopic (exact) mass is 419 g/mol. The number of halogens is 1. The number of amides is 2. The Balaban J connectivity index is 1.45. The third-order valence-corrected chi connectivity index (χ3v) is 6.94. The van der Waals surface area contributed by atoms with Crippen LogP contribution in [0, 0.1) is 5.92 Å². The predicted molar refractivity (Wildman–Crippen MR) is 117 cm³/mol. The first-order chi connectivity index (χ1) is 13.9. The number of piperidine rings is 2. The standard InChI is InChI=1S/C23H34ClN3O2/c1-25-14-11-20(12-15-25)26(2)22(28)10-9-18-6-5-13-27(17-18)23(29)16-19-7-3-4-8-21(19)24/h3-4,7-8,18,20H,5-6,9-17H2,1-2H3. The molecule has 3 rings (SSSR count). The van der Waals surface area contributed by atoms with Gasteiger partial charge in [0.25, 0.3) is 0 Å². The molecule has 2 heterocycles. The Morgan fingerprint density at radius 3 is 2.59 bits per heavy atom. The summed E-state index contributed by atoms with van der Waals surface area (Å²) in [6.07, 6.45) is 6.04. The van der Waals surface area contributed by atoms with Gasteiger partial charge in [-0.2, -0.15) is 0 Å². The minimum atomic E-state index is 0.137. The zero-order valence-corrected chi connectivity index (χ0v) is 18.5. The zero-order valence-electron chi connectivity index (χ0n) is 17.8. The molecular formula is C23H34ClN3O2. The van der Waals surface area contributed by atoms with Gasteiger partial charge in [-0.05, 0) is 69.8 Å². The molecule has 2 aliphatic rings. The van der Waals surface area contributed by atoms with Crippen LogP contribution in [0.15, 0.2) is 24.3 Å². The van der Waals surface area contributed by atoms with Crippen LogP contribution < -0.4 is 0 Å². The van der Waals surface area contributed by atoms with Crippen LogP contribution in [0.2, 0.25) is 5.02 Å². The molecule has 0 saturated carbocycles. The summed E-state index contributed by atoms with van der Waals surface area (Å²) in [6, 6.07) is 7.92. The fourth-order valence-corrected chi connectivity index (χ4v) is 4.74. The molecule has 2 saturated heterocycles. The first kappa shape index (κ1) is 22.1. The second-order valence-corrected chi connectivity index (χ2v) is 9.10. The number of carbonyl (C=O) groups is 2. The summed E-state index contributed by atoms with van der Waals surface area (Å²) in [7, 11) is 4.10. The molecule has 1 atom stereocenters. The lowest BCUT2D eigenvalue weighted by Crippen LogP contribution is -2.45. The van der Waals surface area contributed by atoms with Crippen LogP contribution >= 0.6 is 11.6 Å². The highest BCUT2D eigenvalue weighted by Crippen LogP contribution is 2.24. The molecule has 29 heavy (non-hydrogen) atoms. The highest BCUT2D eigenvalue weighted by atomic mass is 35.5. The number of carbonyl (C=O) groups excluding carboxylic acids is 2. The lowest BCUT2D eigenvalue weighted by atomic mass is 9.92. The van der Waals surface area contributed by atoms with Crippen molar-refractivity contribution in [1.82, 2.24) is 14.7 Å². The molecular weight excluding hydrogens is 386 g/mol. The van der Waals surface area contributed by atoms with Crippen LogP contribution in [0.5, 0.6) is 0 Å². The van der Waals surface area contributed by atoms with Gasteiger partial charge in [0, 0.05) is 37.6 Å². The second kappa shape index (κ2) is 10.4. The van der Waals surface area contributed by atoms with E-state index in [0.717, 1.165) is 63.8 Å². The Morgan fingerprint density at radius 2 is 1.86 bits per heavy atom. The maximum absolute atomic E-state index is 12.7. The highest BCUT2D eigenvalue weighted by molar-refractivity contribution is 6.31. The maximum Gasteiger partial charge on any atom is 0.227 e. The Bertz CT molecular complexity index is 703. The lowest BCUT2D eigenvalue weighted by molar-refractivity contribution is -0.133. The zero-order chi connectivity index (χ0) is 20.8. The minimum Gasteiger partial charge on any atom is -0.343 e. The van der Waals surface area contributed by atoms with Gasteiger partial charge >= 0.3 is 0 Å². The van der Waals surface area contributed by atoms with Crippen molar-refractivity contribution in [2.45, 2.75) is 51.0 Å². The highest BCUT2D eigenvalue weighted by Gasteiger charge is 2.27. The molecule has 5 nitrogen and oxygen atoms in total. The Labute approximate surface area is 180 Å². The van der Waals surface area contributed by atoms with Crippen molar-refractivity contribution in [3.05, 3.63) is 34.9 Å². The Kier molecular flexibility index (Phi) is 7.96. The van der Waals surface area contributed by atoms with Gasteiger partial charge in [0.05, 0.1) is 6.42 Å². The van der Waals surface area contributed by atoms with Crippen LogP contribution in [0.25, 0.3) is 0 Å². The van der Waals surface area contributed by atoms with Crippen molar-refractivity contribution in [2.24, 2.45) is 5.92 Å². The van der Waals surface area contributed by atoms with E-state index >= 15 is 0 Å². The SMILES string of the molecule is CN1CCC(N(C)C(=O)CCC2CCCN(C(=O)Cc3ccccc3Cl)C2)CC1. The predicted octanol–water partition coefficient (Wildman–Crippen LogP) is 3.45. The smallest absolute Gasteiger partial charge is 0.227 e. The summed E-state index contributed by atoms with van der Waals surface area (Å²) in [6.45, 7) is 3.69. The number of hydrogen-bond donors (Lipinski definition) is 0. The minimum absolute atomic E-state index is 0.137. The average molecular weight is 420 g/mol. The third-order valence-electron chi connectivity index (χ3n) is 6.57. The molecule has 0 spiro atoms. The molecule has 2 aliphatic heterocycles. The largest absolute Gasteiger partial charge is 0.343 e. The summed E-state index contributed by atoms with van der Waals surface area (Å²) in [5.41, 5.74) is 0.885. The Hall–Kier alpha value is -1.59. The van der Waals surface area contributed by atoms with Crippen molar-refractivity contribution in [2.75, 3.05) is 40.3 Å². The van der Waals surface area contributed by atoms with Gasteiger partial charge in [-0.3, -0.25) is 9.59 Å². The van der Waals surface area contributed by atoms with Crippen LogP contribution in [0.3, 0.4) is 0 Å². The quantitative estimate of drug-likeness (QED) is 0.709. The first-order valence-corrected chi connectivity index (χ1v) is 11.3. The van der Waals surface area contributed by atoms with Crippen LogP contribution in [-0.2, 0) is 16.0 Å². The van der Waals surface area contributed by atoms with Crippen LogP contribution in [0.1, 0.15) is 44.1 Å². The molecule has 2 amide bonds. The molecule has 0 aromatic heterocycles. The van der Waals surface area contributed by atoms with E-state index in [0.29, 0.717) is 29.8 Å². The van der Waals surface area contributed by atoms with E-state index in [2.05, 4.69) is 11.9 Å². The van der Waals surface area contributed by atoms with Gasteiger partial charge in [-0.15, -0.1) is 0 Å². The van der Waals surface area contributed by atoms with Gasteiger partial charge in [0.15, 0.2) is 0 Å². The summed E-state index contributed by atoms with van der Waals surface area (Å²) in [5.74, 6) is 0.797. The molecule has 2 fully saturated rings. The topological polar surface area (TPSA) is 43.9 Å². The van der Waals surface area contributed by atoms with Gasteiger partial charge in [-0.25, -0.2) is 0 Å². The summed E-state index contributed by atoms with van der Waals surface area (Å²) >= 11 is 6.21.